The molecule has 0 aliphatic heterocycles. The van der Waals surface area contributed by atoms with Gasteiger partial charge in [-0.1, -0.05) is 12.8 Å². The Morgan fingerprint density at radius 1 is 1.35 bits per heavy atom. The molecule has 0 saturated heterocycles. The van der Waals surface area contributed by atoms with Crippen molar-refractivity contribution in [2.75, 3.05) is 13.7 Å². The molecule has 1 rings (SSSR count). The lowest BCUT2D eigenvalue weighted by molar-refractivity contribution is -0.145. The molecule has 3 unspecified atom stereocenters. The quantitative estimate of drug-likeness (QED) is 0.686. The van der Waals surface area contributed by atoms with Gasteiger partial charge in [-0.3, -0.25) is 9.59 Å². The number of hydrogen-bond donors (Lipinski definition) is 2. The normalized spacial score (nSPS) is 24.9. The second kappa shape index (κ2) is 7.03. The number of nitrogens with one attached hydrogen (secondary N) is 1. The minimum atomic E-state index is -3.84. The van der Waals surface area contributed by atoms with Gasteiger partial charge in [0.1, 0.15) is 0 Å². The van der Waals surface area contributed by atoms with Gasteiger partial charge in [-0.25, -0.2) is 13.1 Å². The van der Waals surface area contributed by atoms with Crippen molar-refractivity contribution in [3.63, 3.8) is 0 Å². The highest BCUT2D eigenvalue weighted by Crippen LogP contribution is 2.29. The predicted molar refractivity (Wildman–Crippen MR) is 71.5 cm³/mol. The summed E-state index contributed by atoms with van der Waals surface area (Å²) in [7, 11) is -2.72. The zero-order valence-electron chi connectivity index (χ0n) is 11.7. The number of ether oxygens (including phenoxy) is 1. The molecule has 20 heavy (non-hydrogen) atoms. The van der Waals surface area contributed by atoms with E-state index < -0.39 is 33.1 Å². The Labute approximate surface area is 118 Å². The van der Waals surface area contributed by atoms with Crippen molar-refractivity contribution in [1.82, 2.24) is 4.72 Å². The summed E-state index contributed by atoms with van der Waals surface area (Å²) in [6.45, 7) is 1.28. The van der Waals surface area contributed by atoms with Crippen LogP contribution in [-0.2, 0) is 24.3 Å². The fraction of sp³-hybridized carbons (Fsp3) is 0.833. The van der Waals surface area contributed by atoms with Crippen LogP contribution in [0.4, 0.5) is 0 Å². The van der Waals surface area contributed by atoms with Gasteiger partial charge in [-0.2, -0.15) is 0 Å². The Hall–Kier alpha value is -1.15. The third kappa shape index (κ3) is 4.17. The van der Waals surface area contributed by atoms with Gasteiger partial charge in [-0.15, -0.1) is 0 Å². The van der Waals surface area contributed by atoms with Crippen molar-refractivity contribution < 1.29 is 27.9 Å². The van der Waals surface area contributed by atoms with Crippen LogP contribution in [-0.4, -0.2) is 44.4 Å². The Bertz CT molecular complexity index is 461. The van der Waals surface area contributed by atoms with Gasteiger partial charge < -0.3 is 9.84 Å². The van der Waals surface area contributed by atoms with Crippen LogP contribution in [0.1, 0.15) is 32.6 Å². The standard InChI is InChI=1S/C12H21NO6S/c1-8(12(16)19-2)20(17,18)13-7-9-5-3-4-6-10(9)11(14)15/h8-10,13H,3-7H2,1-2H3,(H,14,15). The molecule has 0 aromatic carbocycles. The maximum absolute atomic E-state index is 11.9. The van der Waals surface area contributed by atoms with Crippen LogP contribution in [0.3, 0.4) is 0 Å². The molecule has 0 amide bonds. The molecule has 116 valence electrons. The SMILES string of the molecule is COC(=O)C(C)S(=O)(=O)NCC1CCCCC1C(=O)O. The molecule has 8 heteroatoms. The molecule has 0 radical (unpaired) electrons. The number of carbonyl (C=O) groups excluding carboxylic acids is 1. The first kappa shape index (κ1) is 16.9. The number of rotatable bonds is 6. The fourth-order valence-corrected chi connectivity index (χ4v) is 3.46. The topological polar surface area (TPSA) is 110 Å². The van der Waals surface area contributed by atoms with Gasteiger partial charge in [0.25, 0.3) is 0 Å². The van der Waals surface area contributed by atoms with Crippen molar-refractivity contribution in [2.45, 2.75) is 37.9 Å². The van der Waals surface area contributed by atoms with Crippen LogP contribution in [0.25, 0.3) is 0 Å². The highest BCUT2D eigenvalue weighted by atomic mass is 32.2. The van der Waals surface area contributed by atoms with Crippen LogP contribution >= 0.6 is 0 Å². The minimum Gasteiger partial charge on any atom is -0.481 e. The highest BCUT2D eigenvalue weighted by Gasteiger charge is 2.34. The molecule has 1 fully saturated rings. The number of carboxylic acids is 1. The van der Waals surface area contributed by atoms with E-state index in [1.54, 1.807) is 0 Å². The van der Waals surface area contributed by atoms with E-state index in [4.69, 9.17) is 5.11 Å². The van der Waals surface area contributed by atoms with E-state index in [2.05, 4.69) is 9.46 Å². The van der Waals surface area contributed by atoms with E-state index in [1.807, 2.05) is 0 Å². The van der Waals surface area contributed by atoms with Crippen molar-refractivity contribution in [3.05, 3.63) is 0 Å². The third-order valence-corrected chi connectivity index (χ3v) is 5.46. The van der Waals surface area contributed by atoms with Crippen LogP contribution in [0.5, 0.6) is 0 Å². The second-order valence-electron chi connectivity index (χ2n) is 5.05. The number of carbonyl (C=O) groups is 2. The van der Waals surface area contributed by atoms with Gasteiger partial charge in [-0.05, 0) is 25.7 Å². The van der Waals surface area contributed by atoms with E-state index in [0.29, 0.717) is 12.8 Å². The zero-order valence-corrected chi connectivity index (χ0v) is 12.5. The van der Waals surface area contributed by atoms with Gasteiger partial charge >= 0.3 is 11.9 Å². The summed E-state index contributed by atoms with van der Waals surface area (Å²) < 4.78 is 30.5. The van der Waals surface area contributed by atoms with E-state index in [1.165, 1.54) is 6.92 Å². The lowest BCUT2D eigenvalue weighted by atomic mass is 9.79. The van der Waals surface area contributed by atoms with Crippen LogP contribution < -0.4 is 4.72 Å². The maximum atomic E-state index is 11.9. The van der Waals surface area contributed by atoms with Crippen molar-refractivity contribution in [3.8, 4) is 0 Å². The molecule has 3 atom stereocenters. The summed E-state index contributed by atoms with van der Waals surface area (Å²) in [6.07, 6.45) is 2.97. The average molecular weight is 307 g/mol. The zero-order chi connectivity index (χ0) is 15.3. The van der Waals surface area contributed by atoms with Crippen LogP contribution in [0, 0.1) is 11.8 Å². The molecular formula is C12H21NO6S. The maximum Gasteiger partial charge on any atom is 0.325 e. The largest absolute Gasteiger partial charge is 0.481 e. The second-order valence-corrected chi connectivity index (χ2v) is 7.13. The predicted octanol–water partition coefficient (Wildman–Crippen LogP) is 0.358. The fourth-order valence-electron chi connectivity index (χ4n) is 2.42. The van der Waals surface area contributed by atoms with Gasteiger partial charge in [0.15, 0.2) is 5.25 Å². The molecule has 0 aromatic rings. The lowest BCUT2D eigenvalue weighted by Gasteiger charge is -2.28. The molecule has 0 aromatic heterocycles. The first-order valence-electron chi connectivity index (χ1n) is 6.58. The van der Waals surface area contributed by atoms with Crippen LogP contribution in [0.15, 0.2) is 0 Å². The Kier molecular flexibility index (Phi) is 5.94. The van der Waals surface area contributed by atoms with Crippen molar-refractivity contribution in [1.29, 1.82) is 0 Å². The molecule has 2 N–H and O–H groups in total. The monoisotopic (exact) mass is 307 g/mol. The summed E-state index contributed by atoms with van der Waals surface area (Å²) in [5, 5.41) is 7.82. The Balaban J connectivity index is 2.65. The van der Waals surface area contributed by atoms with Crippen LogP contribution in [0.2, 0.25) is 0 Å². The third-order valence-electron chi connectivity index (χ3n) is 3.77. The molecule has 1 aliphatic rings. The van der Waals surface area contributed by atoms with E-state index in [9.17, 15) is 18.0 Å². The molecule has 0 heterocycles. The molecule has 7 nitrogen and oxygen atoms in total. The Morgan fingerprint density at radius 2 is 1.95 bits per heavy atom. The van der Waals surface area contributed by atoms with E-state index >= 15 is 0 Å². The molecule has 1 aliphatic carbocycles. The van der Waals surface area contributed by atoms with Gasteiger partial charge in [0.05, 0.1) is 13.0 Å². The number of sulfonamides is 1. The Morgan fingerprint density at radius 3 is 2.50 bits per heavy atom. The molecule has 0 bridgehead atoms. The minimum absolute atomic E-state index is 0.0423. The lowest BCUT2D eigenvalue weighted by Crippen LogP contribution is -2.42. The van der Waals surface area contributed by atoms with E-state index in [-0.39, 0.29) is 12.5 Å². The van der Waals surface area contributed by atoms with Crippen molar-refractivity contribution in [2.24, 2.45) is 11.8 Å². The number of hydrogen-bond acceptors (Lipinski definition) is 5. The first-order chi connectivity index (χ1) is 9.29. The highest BCUT2D eigenvalue weighted by molar-refractivity contribution is 7.90. The van der Waals surface area contributed by atoms with Gasteiger partial charge in [0, 0.05) is 6.54 Å². The molecular weight excluding hydrogens is 286 g/mol. The summed E-state index contributed by atoms with van der Waals surface area (Å²) in [5.41, 5.74) is 0. The summed E-state index contributed by atoms with van der Waals surface area (Å²) in [4.78, 5) is 22.4. The molecule has 1 saturated carbocycles. The molecule has 0 spiro atoms. The number of aliphatic carboxylic acids is 1. The average Bonchev–Trinajstić information content (AvgIpc) is 2.43. The van der Waals surface area contributed by atoms with E-state index in [0.717, 1.165) is 20.0 Å². The number of carboxylic acid groups (broad SMARTS) is 1. The van der Waals surface area contributed by atoms with Gasteiger partial charge in [0.2, 0.25) is 10.0 Å². The number of methoxy groups -OCH3 is 1. The smallest absolute Gasteiger partial charge is 0.325 e. The first-order valence-corrected chi connectivity index (χ1v) is 8.13. The summed E-state index contributed by atoms with van der Waals surface area (Å²) in [5.74, 6) is -2.49. The summed E-state index contributed by atoms with van der Waals surface area (Å²) in [6, 6.07) is 0. The number of esters is 1. The summed E-state index contributed by atoms with van der Waals surface area (Å²) >= 11 is 0. The van der Waals surface area contributed by atoms with Crippen molar-refractivity contribution >= 4 is 22.0 Å².